The van der Waals surface area contributed by atoms with Gasteiger partial charge in [0.15, 0.2) is 0 Å². The highest BCUT2D eigenvalue weighted by molar-refractivity contribution is 7.12. The molecule has 0 amide bonds. The van der Waals surface area contributed by atoms with E-state index in [0.717, 1.165) is 0 Å². The van der Waals surface area contributed by atoms with Crippen LogP contribution >= 0.6 is 11.3 Å². The van der Waals surface area contributed by atoms with Gasteiger partial charge >= 0.3 is 0 Å². The minimum atomic E-state index is 1.24. The molecule has 2 rings (SSSR count). The van der Waals surface area contributed by atoms with Crippen molar-refractivity contribution in [3.63, 3.8) is 0 Å². The molecule has 0 fully saturated rings. The average molecular weight is 180 g/mol. The Bertz CT molecular complexity index is 283. The Balaban J connectivity index is 2.47. The lowest BCUT2D eigenvalue weighted by Crippen LogP contribution is -2.01. The molecule has 0 saturated carbocycles. The molecule has 0 bridgehead atoms. The third-order valence-corrected chi connectivity index (χ3v) is 4.16. The number of rotatable bonds is 1. The second kappa shape index (κ2) is 3.21. The summed E-state index contributed by atoms with van der Waals surface area (Å²) in [5.74, 6) is 0. The van der Waals surface area contributed by atoms with Crippen LogP contribution in [0.2, 0.25) is 0 Å². The summed E-state index contributed by atoms with van der Waals surface area (Å²) in [6.45, 7) is 4.56. The minimum Gasteiger partial charge on any atom is -0.145 e. The summed E-state index contributed by atoms with van der Waals surface area (Å²) in [4.78, 5) is 3.24. The van der Waals surface area contributed by atoms with Crippen molar-refractivity contribution in [3.05, 3.63) is 20.9 Å². The molecule has 0 aromatic carbocycles. The largest absolute Gasteiger partial charge is 0.145 e. The van der Waals surface area contributed by atoms with Gasteiger partial charge in [-0.2, -0.15) is 0 Å². The predicted octanol–water partition coefficient (Wildman–Crippen LogP) is 3.50. The van der Waals surface area contributed by atoms with Crippen molar-refractivity contribution in [2.75, 3.05) is 0 Å². The SMILES string of the molecule is CCc1sc(C)c2c1CCCC2. The van der Waals surface area contributed by atoms with E-state index in [9.17, 15) is 0 Å². The summed E-state index contributed by atoms with van der Waals surface area (Å²) >= 11 is 2.03. The highest BCUT2D eigenvalue weighted by Gasteiger charge is 2.16. The Hall–Kier alpha value is -0.300. The number of fused-ring (bicyclic) bond motifs is 1. The molecule has 0 unspecified atom stereocenters. The van der Waals surface area contributed by atoms with Crippen molar-refractivity contribution in [3.8, 4) is 0 Å². The Morgan fingerprint density at radius 3 is 2.50 bits per heavy atom. The van der Waals surface area contributed by atoms with E-state index in [1.165, 1.54) is 32.1 Å². The van der Waals surface area contributed by atoms with E-state index in [1.54, 1.807) is 20.9 Å². The van der Waals surface area contributed by atoms with Crippen LogP contribution < -0.4 is 0 Å². The number of aryl methyl sites for hydroxylation is 2. The lowest BCUT2D eigenvalue weighted by atomic mass is 9.92. The average Bonchev–Trinajstić information content (AvgIpc) is 2.44. The molecule has 0 nitrogen and oxygen atoms in total. The smallest absolute Gasteiger partial charge is 0.00801 e. The molecule has 0 spiro atoms. The fourth-order valence-electron chi connectivity index (χ4n) is 2.20. The van der Waals surface area contributed by atoms with Gasteiger partial charge in [-0.25, -0.2) is 0 Å². The zero-order chi connectivity index (χ0) is 8.55. The van der Waals surface area contributed by atoms with Crippen molar-refractivity contribution in [1.29, 1.82) is 0 Å². The molecule has 1 aliphatic carbocycles. The molecule has 1 heteroatoms. The molecule has 12 heavy (non-hydrogen) atoms. The first-order chi connectivity index (χ1) is 5.83. The van der Waals surface area contributed by atoms with Crippen LogP contribution in [0.4, 0.5) is 0 Å². The van der Waals surface area contributed by atoms with Crippen LogP contribution in [0.25, 0.3) is 0 Å². The van der Waals surface area contributed by atoms with Crippen molar-refractivity contribution < 1.29 is 0 Å². The number of thiophene rings is 1. The summed E-state index contributed by atoms with van der Waals surface area (Å²) in [5.41, 5.74) is 3.41. The summed E-state index contributed by atoms with van der Waals surface area (Å²) < 4.78 is 0. The maximum atomic E-state index is 2.29. The molecule has 1 heterocycles. The van der Waals surface area contributed by atoms with Gasteiger partial charge in [0.2, 0.25) is 0 Å². The maximum absolute atomic E-state index is 2.29. The van der Waals surface area contributed by atoms with Gasteiger partial charge in [-0.15, -0.1) is 11.3 Å². The van der Waals surface area contributed by atoms with Crippen molar-refractivity contribution >= 4 is 11.3 Å². The van der Waals surface area contributed by atoms with Crippen LogP contribution in [0.3, 0.4) is 0 Å². The highest BCUT2D eigenvalue weighted by Crippen LogP contribution is 2.33. The molecule has 0 radical (unpaired) electrons. The Morgan fingerprint density at radius 2 is 1.83 bits per heavy atom. The van der Waals surface area contributed by atoms with Gasteiger partial charge < -0.3 is 0 Å². The zero-order valence-electron chi connectivity index (χ0n) is 7.94. The molecule has 66 valence electrons. The first kappa shape index (κ1) is 8.31. The van der Waals surface area contributed by atoms with Crippen molar-refractivity contribution in [2.24, 2.45) is 0 Å². The third kappa shape index (κ3) is 1.20. The molecule has 1 aliphatic rings. The lowest BCUT2D eigenvalue weighted by molar-refractivity contribution is 0.683. The first-order valence-corrected chi connectivity index (χ1v) is 5.74. The summed E-state index contributed by atoms with van der Waals surface area (Å²) in [6.07, 6.45) is 6.76. The van der Waals surface area contributed by atoms with Crippen LogP contribution in [-0.2, 0) is 19.3 Å². The molecule has 0 saturated heterocycles. The molecule has 0 atom stereocenters. The van der Waals surface area contributed by atoms with Gasteiger partial charge in [0.1, 0.15) is 0 Å². The predicted molar refractivity (Wildman–Crippen MR) is 55.1 cm³/mol. The molecular formula is C11H16S. The summed E-state index contributed by atoms with van der Waals surface area (Å²) in [6, 6.07) is 0. The summed E-state index contributed by atoms with van der Waals surface area (Å²) in [5, 5.41) is 0. The van der Waals surface area contributed by atoms with Gasteiger partial charge in [0, 0.05) is 9.75 Å². The number of hydrogen-bond donors (Lipinski definition) is 0. The minimum absolute atomic E-state index is 1.24. The van der Waals surface area contributed by atoms with Crippen LogP contribution in [0, 0.1) is 6.92 Å². The van der Waals surface area contributed by atoms with Crippen molar-refractivity contribution in [2.45, 2.75) is 46.0 Å². The standard InChI is InChI=1S/C11H16S/c1-3-11-10-7-5-4-6-9(10)8(2)12-11/h3-7H2,1-2H3. The Labute approximate surface area is 78.6 Å². The Kier molecular flexibility index (Phi) is 2.22. The topological polar surface area (TPSA) is 0 Å². The van der Waals surface area contributed by atoms with Crippen LogP contribution in [0.5, 0.6) is 0 Å². The molecule has 1 aromatic rings. The maximum Gasteiger partial charge on any atom is 0.00801 e. The fraction of sp³-hybridized carbons (Fsp3) is 0.636. The van der Waals surface area contributed by atoms with E-state index < -0.39 is 0 Å². The van der Waals surface area contributed by atoms with E-state index in [0.29, 0.717) is 0 Å². The monoisotopic (exact) mass is 180 g/mol. The van der Waals surface area contributed by atoms with Crippen molar-refractivity contribution in [1.82, 2.24) is 0 Å². The van der Waals surface area contributed by atoms with Gasteiger partial charge in [-0.1, -0.05) is 6.92 Å². The lowest BCUT2D eigenvalue weighted by Gasteiger charge is -2.12. The van der Waals surface area contributed by atoms with E-state index in [2.05, 4.69) is 13.8 Å². The van der Waals surface area contributed by atoms with E-state index >= 15 is 0 Å². The van der Waals surface area contributed by atoms with E-state index in [-0.39, 0.29) is 0 Å². The van der Waals surface area contributed by atoms with E-state index in [4.69, 9.17) is 0 Å². The molecule has 1 aromatic heterocycles. The van der Waals surface area contributed by atoms with Gasteiger partial charge in [0.25, 0.3) is 0 Å². The fourth-order valence-corrected chi connectivity index (χ4v) is 3.41. The van der Waals surface area contributed by atoms with Crippen LogP contribution in [-0.4, -0.2) is 0 Å². The third-order valence-electron chi connectivity index (χ3n) is 2.83. The van der Waals surface area contributed by atoms with Crippen LogP contribution in [0.15, 0.2) is 0 Å². The van der Waals surface area contributed by atoms with Crippen LogP contribution in [0.1, 0.15) is 40.6 Å². The quantitative estimate of drug-likeness (QED) is 0.620. The Morgan fingerprint density at radius 1 is 1.17 bits per heavy atom. The second-order valence-corrected chi connectivity index (χ2v) is 4.91. The molecular weight excluding hydrogens is 164 g/mol. The normalized spacial score (nSPS) is 16.2. The van der Waals surface area contributed by atoms with E-state index in [1.807, 2.05) is 11.3 Å². The zero-order valence-corrected chi connectivity index (χ0v) is 8.76. The number of hydrogen-bond acceptors (Lipinski definition) is 1. The van der Waals surface area contributed by atoms with Gasteiger partial charge in [-0.05, 0) is 50.2 Å². The highest BCUT2D eigenvalue weighted by atomic mass is 32.1. The summed E-state index contributed by atoms with van der Waals surface area (Å²) in [7, 11) is 0. The molecule has 0 aliphatic heterocycles. The van der Waals surface area contributed by atoms with Gasteiger partial charge in [0.05, 0.1) is 0 Å². The molecule has 0 N–H and O–H groups in total. The first-order valence-electron chi connectivity index (χ1n) is 4.93. The van der Waals surface area contributed by atoms with Gasteiger partial charge in [-0.3, -0.25) is 0 Å². The second-order valence-electron chi connectivity index (χ2n) is 3.60.